The van der Waals surface area contributed by atoms with Gasteiger partial charge in [-0.1, -0.05) is 0 Å². The van der Waals surface area contributed by atoms with Crippen molar-refractivity contribution in [1.82, 2.24) is 19.7 Å². The molecular weight excluding hydrogens is 498 g/mol. The number of nitrogens with two attached hydrogens (primary N) is 1. The number of piperazine rings is 1. The fourth-order valence-corrected chi connectivity index (χ4v) is 4.63. The van der Waals surface area contributed by atoms with Gasteiger partial charge in [-0.15, -0.1) is 0 Å². The number of H-pyrrole nitrogens is 1. The third-order valence-electron chi connectivity index (χ3n) is 6.54. The minimum Gasteiger partial charge on any atom is -0.495 e. The van der Waals surface area contributed by atoms with Gasteiger partial charge in [-0.05, 0) is 38.1 Å². The molecule has 13 heteroatoms. The predicted octanol–water partition coefficient (Wildman–Crippen LogP) is 3.23. The summed E-state index contributed by atoms with van der Waals surface area (Å²) >= 11 is 0. The lowest BCUT2D eigenvalue weighted by molar-refractivity contribution is -0.145. The number of methoxy groups -OCH3 is 1. The maximum Gasteiger partial charge on any atom is 0.333 e. The molecule has 2 amide bonds. The number of carbonyl (C=O) groups is 2. The maximum absolute atomic E-state index is 13.5. The molecule has 0 radical (unpaired) electrons. The zero-order valence-corrected chi connectivity index (χ0v) is 21.3. The molecule has 1 aromatic carbocycles. The lowest BCUT2D eigenvalue weighted by atomic mass is 9.96. The van der Waals surface area contributed by atoms with E-state index in [9.17, 15) is 18.4 Å². The van der Waals surface area contributed by atoms with Crippen molar-refractivity contribution in [3.05, 3.63) is 42.4 Å². The molecule has 0 spiro atoms. The number of aromatic nitrogens is 3. The van der Waals surface area contributed by atoms with E-state index >= 15 is 0 Å². The topological polar surface area (TPSA) is 146 Å². The number of nitrogens with zero attached hydrogens (tertiary/aromatic N) is 5. The Balaban J connectivity index is 1.81. The molecule has 0 saturated carbocycles. The molecule has 0 bridgehead atoms. The minimum atomic E-state index is -2.81. The predicted molar refractivity (Wildman–Crippen MR) is 139 cm³/mol. The van der Waals surface area contributed by atoms with Gasteiger partial charge in [0.1, 0.15) is 23.5 Å². The van der Waals surface area contributed by atoms with Crippen LogP contribution in [-0.2, 0) is 9.59 Å². The van der Waals surface area contributed by atoms with Gasteiger partial charge in [0.15, 0.2) is 0 Å². The van der Waals surface area contributed by atoms with Crippen LogP contribution in [0.4, 0.5) is 14.5 Å². The van der Waals surface area contributed by atoms with Crippen LogP contribution in [0.3, 0.4) is 0 Å². The molecule has 0 unspecified atom stereocenters. The highest BCUT2D eigenvalue weighted by molar-refractivity contribution is 6.06. The second kappa shape index (κ2) is 10.1. The largest absolute Gasteiger partial charge is 0.495 e. The van der Waals surface area contributed by atoms with E-state index in [1.165, 1.54) is 31.3 Å². The Morgan fingerprint density at radius 1 is 1.29 bits per heavy atom. The van der Waals surface area contributed by atoms with Crippen LogP contribution >= 0.6 is 0 Å². The summed E-state index contributed by atoms with van der Waals surface area (Å²) in [7, 11) is 1.50. The molecule has 11 nitrogen and oxygen atoms in total. The lowest BCUT2D eigenvalue weighted by Gasteiger charge is -2.45. The van der Waals surface area contributed by atoms with Crippen LogP contribution < -0.4 is 15.4 Å². The first-order valence-corrected chi connectivity index (χ1v) is 11.7. The van der Waals surface area contributed by atoms with Crippen molar-refractivity contribution in [3.8, 4) is 28.1 Å². The van der Waals surface area contributed by atoms with Gasteiger partial charge in [0.2, 0.25) is 5.91 Å². The average Bonchev–Trinajstić information content (AvgIpc) is 3.53. The van der Waals surface area contributed by atoms with Crippen LogP contribution in [0.25, 0.3) is 22.4 Å². The van der Waals surface area contributed by atoms with Crippen LogP contribution in [0.1, 0.15) is 33.0 Å². The number of anilines is 1. The van der Waals surface area contributed by atoms with Crippen LogP contribution in [0, 0.1) is 5.41 Å². The third-order valence-corrected chi connectivity index (χ3v) is 6.54. The molecule has 200 valence electrons. The number of aromatic amines is 1. The molecule has 4 rings (SSSR count). The summed E-state index contributed by atoms with van der Waals surface area (Å²) in [5, 5.41) is 11.0. The number of ether oxygens (including phenoxy) is 1. The van der Waals surface area contributed by atoms with Crippen molar-refractivity contribution in [2.45, 2.75) is 32.9 Å². The minimum absolute atomic E-state index is 0.0166. The normalized spacial score (nSPS) is 15.8. The van der Waals surface area contributed by atoms with Crippen molar-refractivity contribution in [2.75, 3.05) is 25.1 Å². The van der Waals surface area contributed by atoms with E-state index in [0.717, 1.165) is 6.34 Å². The van der Waals surface area contributed by atoms with Crippen molar-refractivity contribution < 1.29 is 23.1 Å². The van der Waals surface area contributed by atoms with Crippen LogP contribution in [0.2, 0.25) is 0 Å². The number of amidine groups is 1. The Bertz CT molecular complexity index is 1430. The van der Waals surface area contributed by atoms with Gasteiger partial charge in [0.25, 0.3) is 5.91 Å². The molecule has 0 atom stereocenters. The van der Waals surface area contributed by atoms with Crippen molar-refractivity contribution in [2.24, 2.45) is 10.7 Å². The summed E-state index contributed by atoms with van der Waals surface area (Å²) in [5.74, 6) is -0.000117. The Kier molecular flexibility index (Phi) is 7.03. The average molecular weight is 527 g/mol. The number of nitrogens with one attached hydrogen (secondary N) is 2. The van der Waals surface area contributed by atoms with E-state index in [1.54, 1.807) is 43.0 Å². The molecule has 1 saturated heterocycles. The van der Waals surface area contributed by atoms with Gasteiger partial charge in [0.05, 0.1) is 24.7 Å². The van der Waals surface area contributed by atoms with E-state index in [0.29, 0.717) is 50.7 Å². The SMILES string of the molecule is COc1ccc(-c2cc(-c3cnn(C(F)F)c3)c(C(N)=NC=N)[nH]2)cc1N1CCN(C(C)=O)C(C)(C)C1=O. The number of aliphatic imine (C=N–C) groups is 1. The van der Waals surface area contributed by atoms with E-state index in [-0.39, 0.29) is 24.2 Å². The molecule has 1 aliphatic heterocycles. The number of benzene rings is 1. The number of alkyl halides is 2. The Morgan fingerprint density at radius 3 is 2.63 bits per heavy atom. The third kappa shape index (κ3) is 4.62. The van der Waals surface area contributed by atoms with Crippen molar-refractivity contribution >= 4 is 29.7 Å². The van der Waals surface area contributed by atoms with Gasteiger partial charge >= 0.3 is 6.55 Å². The molecule has 1 fully saturated rings. The summed E-state index contributed by atoms with van der Waals surface area (Å²) in [4.78, 5) is 35.7. The lowest BCUT2D eigenvalue weighted by Crippen LogP contribution is -2.64. The fourth-order valence-electron chi connectivity index (χ4n) is 4.63. The molecule has 38 heavy (non-hydrogen) atoms. The summed E-state index contributed by atoms with van der Waals surface area (Å²) < 4.78 is 32.4. The van der Waals surface area contributed by atoms with Gasteiger partial charge in [-0.2, -0.15) is 13.9 Å². The first-order chi connectivity index (χ1) is 18.0. The standard InChI is InChI=1S/C25H28F2N8O3/c1-14(36)34-8-7-33(23(37)25(34,2)3)19-9-15(5-6-20(19)38-4)18-10-17(21(32-18)22(29)30-13-28)16-11-31-35(12-16)24(26)27/h5-6,9-13,24,32H,7-8H2,1-4H3,(H3,28,29,30). The van der Waals surface area contributed by atoms with Crippen LogP contribution in [0.15, 0.2) is 41.7 Å². The quantitative estimate of drug-likeness (QED) is 0.320. The molecule has 1 aliphatic rings. The van der Waals surface area contributed by atoms with Gasteiger partial charge in [-0.25, -0.2) is 9.67 Å². The second-order valence-electron chi connectivity index (χ2n) is 9.17. The van der Waals surface area contributed by atoms with Gasteiger partial charge in [-0.3, -0.25) is 15.0 Å². The second-order valence-corrected chi connectivity index (χ2v) is 9.17. The zero-order valence-electron chi connectivity index (χ0n) is 21.3. The highest BCUT2D eigenvalue weighted by Gasteiger charge is 2.44. The summed E-state index contributed by atoms with van der Waals surface area (Å²) in [6, 6.07) is 6.96. The van der Waals surface area contributed by atoms with Crippen molar-refractivity contribution in [1.29, 1.82) is 5.41 Å². The fraction of sp³-hybridized carbons (Fsp3) is 0.320. The van der Waals surface area contributed by atoms with Gasteiger partial charge in [0, 0.05) is 48.6 Å². The smallest absolute Gasteiger partial charge is 0.333 e. The molecule has 3 heterocycles. The maximum atomic E-state index is 13.5. The zero-order chi connectivity index (χ0) is 27.8. The molecule has 2 aromatic heterocycles. The number of rotatable bonds is 7. The highest BCUT2D eigenvalue weighted by Crippen LogP contribution is 2.38. The van der Waals surface area contributed by atoms with Gasteiger partial charge < -0.3 is 25.3 Å². The highest BCUT2D eigenvalue weighted by atomic mass is 19.3. The Hall–Kier alpha value is -4.55. The van der Waals surface area contributed by atoms with E-state index in [1.807, 2.05) is 0 Å². The van der Waals surface area contributed by atoms with E-state index in [4.69, 9.17) is 15.9 Å². The molecule has 3 aromatic rings. The first kappa shape index (κ1) is 26.5. The van der Waals surface area contributed by atoms with Crippen LogP contribution in [0.5, 0.6) is 5.75 Å². The molecule has 0 aliphatic carbocycles. The number of carbonyl (C=O) groups excluding carboxylic acids is 2. The van der Waals surface area contributed by atoms with Crippen molar-refractivity contribution in [3.63, 3.8) is 0 Å². The number of halogens is 2. The molecular formula is C25H28F2N8O3. The number of amides is 2. The monoisotopic (exact) mass is 526 g/mol. The van der Waals surface area contributed by atoms with E-state index < -0.39 is 12.1 Å². The first-order valence-electron chi connectivity index (χ1n) is 11.7. The number of hydrogen-bond acceptors (Lipinski definition) is 5. The summed E-state index contributed by atoms with van der Waals surface area (Å²) in [5.41, 5.74) is 7.88. The number of hydrogen-bond donors (Lipinski definition) is 3. The summed E-state index contributed by atoms with van der Waals surface area (Å²) in [6.45, 7) is 2.65. The van der Waals surface area contributed by atoms with Crippen LogP contribution in [-0.4, -0.2) is 69.4 Å². The van der Waals surface area contributed by atoms with E-state index in [2.05, 4.69) is 15.1 Å². The Labute approximate surface area is 217 Å². The Morgan fingerprint density at radius 2 is 2.03 bits per heavy atom. The summed E-state index contributed by atoms with van der Waals surface area (Å²) in [6.07, 6.45) is 3.25. The molecule has 4 N–H and O–H groups in total.